The van der Waals surface area contributed by atoms with Crippen molar-refractivity contribution in [3.63, 3.8) is 0 Å². The molecule has 1 aromatic rings. The van der Waals surface area contributed by atoms with Crippen LogP contribution in [0.1, 0.15) is 18.6 Å². The first kappa shape index (κ1) is 11.2. The molecule has 1 saturated heterocycles. The standard InChI is InChI=1S/C11H12Cl2O2/c1-7-5-15-10(6-14-7)11-8(12)3-2-4-9(11)13/h2-4,7,10H,5-6H2,1H3. The molecule has 1 aliphatic rings. The van der Waals surface area contributed by atoms with Crippen LogP contribution < -0.4 is 0 Å². The Morgan fingerprint density at radius 2 is 1.80 bits per heavy atom. The van der Waals surface area contributed by atoms with Crippen LogP contribution >= 0.6 is 23.2 Å². The van der Waals surface area contributed by atoms with Gasteiger partial charge in [-0.1, -0.05) is 29.3 Å². The normalized spacial score (nSPS) is 26.6. The lowest BCUT2D eigenvalue weighted by Crippen LogP contribution is -2.29. The molecule has 4 heteroatoms. The van der Waals surface area contributed by atoms with E-state index >= 15 is 0 Å². The first-order valence-corrected chi connectivity index (χ1v) is 5.61. The Morgan fingerprint density at radius 1 is 1.13 bits per heavy atom. The van der Waals surface area contributed by atoms with Crippen LogP contribution in [0.4, 0.5) is 0 Å². The molecule has 0 saturated carbocycles. The van der Waals surface area contributed by atoms with Gasteiger partial charge in [0.2, 0.25) is 0 Å². The molecule has 2 nitrogen and oxygen atoms in total. The molecule has 1 aromatic carbocycles. The zero-order valence-corrected chi connectivity index (χ0v) is 9.89. The molecule has 2 rings (SSSR count). The first-order chi connectivity index (χ1) is 7.18. The molecule has 0 aromatic heterocycles. The zero-order chi connectivity index (χ0) is 10.8. The lowest BCUT2D eigenvalue weighted by molar-refractivity contribution is -0.128. The SMILES string of the molecule is CC1COC(c2c(Cl)cccc2Cl)CO1. The molecule has 15 heavy (non-hydrogen) atoms. The van der Waals surface area contributed by atoms with Gasteiger partial charge in [-0.2, -0.15) is 0 Å². The van der Waals surface area contributed by atoms with E-state index in [1.165, 1.54) is 0 Å². The molecule has 1 fully saturated rings. The number of hydrogen-bond donors (Lipinski definition) is 0. The minimum absolute atomic E-state index is 0.141. The van der Waals surface area contributed by atoms with Crippen molar-refractivity contribution in [1.82, 2.24) is 0 Å². The van der Waals surface area contributed by atoms with Crippen molar-refractivity contribution in [2.24, 2.45) is 0 Å². The minimum Gasteiger partial charge on any atom is -0.373 e. The molecule has 1 heterocycles. The van der Waals surface area contributed by atoms with Gasteiger partial charge in [0.1, 0.15) is 6.10 Å². The summed E-state index contributed by atoms with van der Waals surface area (Å²) in [5.41, 5.74) is 0.827. The van der Waals surface area contributed by atoms with Crippen molar-refractivity contribution in [3.8, 4) is 0 Å². The summed E-state index contributed by atoms with van der Waals surface area (Å²) in [6, 6.07) is 5.44. The van der Waals surface area contributed by atoms with Gasteiger partial charge in [0.15, 0.2) is 0 Å². The highest BCUT2D eigenvalue weighted by Crippen LogP contribution is 2.34. The Balaban J connectivity index is 2.22. The Kier molecular flexibility index (Phi) is 3.52. The van der Waals surface area contributed by atoms with Gasteiger partial charge in [-0.25, -0.2) is 0 Å². The second-order valence-electron chi connectivity index (χ2n) is 3.60. The molecule has 0 radical (unpaired) electrons. The zero-order valence-electron chi connectivity index (χ0n) is 8.37. The molecule has 2 unspecified atom stereocenters. The van der Waals surface area contributed by atoms with Crippen LogP contribution in [0.5, 0.6) is 0 Å². The summed E-state index contributed by atoms with van der Waals surface area (Å²) in [6.07, 6.45) is -0.00934. The fourth-order valence-electron chi connectivity index (χ4n) is 1.58. The van der Waals surface area contributed by atoms with Crippen LogP contribution in [0.15, 0.2) is 18.2 Å². The van der Waals surface area contributed by atoms with Crippen molar-refractivity contribution >= 4 is 23.2 Å². The third-order valence-corrected chi connectivity index (χ3v) is 3.05. The smallest absolute Gasteiger partial charge is 0.109 e. The maximum absolute atomic E-state index is 6.08. The van der Waals surface area contributed by atoms with E-state index in [0.29, 0.717) is 23.3 Å². The van der Waals surface area contributed by atoms with E-state index in [4.69, 9.17) is 32.7 Å². The number of benzene rings is 1. The molecule has 2 atom stereocenters. The largest absolute Gasteiger partial charge is 0.373 e. The Hall–Kier alpha value is -0.280. The highest BCUT2D eigenvalue weighted by Gasteiger charge is 2.24. The van der Waals surface area contributed by atoms with E-state index in [9.17, 15) is 0 Å². The van der Waals surface area contributed by atoms with Crippen molar-refractivity contribution in [3.05, 3.63) is 33.8 Å². The third kappa shape index (κ3) is 2.45. The molecule has 0 bridgehead atoms. The Bertz CT molecular complexity index is 326. The summed E-state index contributed by atoms with van der Waals surface area (Å²) < 4.78 is 11.2. The molecule has 82 valence electrons. The first-order valence-electron chi connectivity index (χ1n) is 4.85. The van der Waals surface area contributed by atoms with Crippen LogP contribution in [-0.2, 0) is 9.47 Å². The van der Waals surface area contributed by atoms with Gasteiger partial charge >= 0.3 is 0 Å². The molecule has 0 N–H and O–H groups in total. The quantitative estimate of drug-likeness (QED) is 0.756. The molecule has 0 aliphatic carbocycles. The third-order valence-electron chi connectivity index (χ3n) is 2.39. The Morgan fingerprint density at radius 3 is 2.33 bits per heavy atom. The van der Waals surface area contributed by atoms with Crippen LogP contribution in [0.2, 0.25) is 10.0 Å². The van der Waals surface area contributed by atoms with Crippen molar-refractivity contribution < 1.29 is 9.47 Å². The second kappa shape index (κ2) is 4.71. The van der Waals surface area contributed by atoms with Gasteiger partial charge in [-0.15, -0.1) is 0 Å². The summed E-state index contributed by atoms with van der Waals surface area (Å²) in [5.74, 6) is 0. The van der Waals surface area contributed by atoms with Crippen molar-refractivity contribution in [2.75, 3.05) is 13.2 Å². The van der Waals surface area contributed by atoms with E-state index in [-0.39, 0.29) is 12.2 Å². The summed E-state index contributed by atoms with van der Waals surface area (Å²) in [6.45, 7) is 3.06. The fraction of sp³-hybridized carbons (Fsp3) is 0.455. The van der Waals surface area contributed by atoms with Gasteiger partial charge in [0, 0.05) is 15.6 Å². The van der Waals surface area contributed by atoms with Crippen molar-refractivity contribution in [2.45, 2.75) is 19.1 Å². The van der Waals surface area contributed by atoms with Crippen LogP contribution in [-0.4, -0.2) is 19.3 Å². The second-order valence-corrected chi connectivity index (χ2v) is 4.42. The van der Waals surface area contributed by atoms with Crippen LogP contribution in [0.3, 0.4) is 0 Å². The van der Waals surface area contributed by atoms with Crippen molar-refractivity contribution in [1.29, 1.82) is 0 Å². The van der Waals surface area contributed by atoms with E-state index in [0.717, 1.165) is 5.56 Å². The topological polar surface area (TPSA) is 18.5 Å². The molecule has 1 aliphatic heterocycles. The maximum Gasteiger partial charge on any atom is 0.109 e. The summed E-state index contributed by atoms with van der Waals surface area (Å²) >= 11 is 12.2. The number of halogens is 2. The number of hydrogen-bond acceptors (Lipinski definition) is 2. The highest BCUT2D eigenvalue weighted by atomic mass is 35.5. The summed E-state index contributed by atoms with van der Waals surface area (Å²) in [4.78, 5) is 0. The van der Waals surface area contributed by atoms with Crippen LogP contribution in [0, 0.1) is 0 Å². The predicted molar refractivity (Wildman–Crippen MR) is 60.6 cm³/mol. The number of rotatable bonds is 1. The van der Waals surface area contributed by atoms with Crippen LogP contribution in [0.25, 0.3) is 0 Å². The fourth-order valence-corrected chi connectivity index (χ4v) is 2.23. The molecule has 0 spiro atoms. The Labute approximate surface area is 99.1 Å². The maximum atomic E-state index is 6.08. The van der Waals surface area contributed by atoms with Gasteiger partial charge in [0.05, 0.1) is 19.3 Å². The average molecular weight is 247 g/mol. The van der Waals surface area contributed by atoms with E-state index in [1.807, 2.05) is 25.1 Å². The minimum atomic E-state index is -0.151. The predicted octanol–water partition coefficient (Wildman–Crippen LogP) is 3.47. The summed E-state index contributed by atoms with van der Waals surface area (Å²) in [5, 5.41) is 1.26. The molecular formula is C11H12Cl2O2. The molecular weight excluding hydrogens is 235 g/mol. The average Bonchev–Trinajstić information content (AvgIpc) is 2.20. The van der Waals surface area contributed by atoms with Gasteiger partial charge in [-0.3, -0.25) is 0 Å². The number of ether oxygens (including phenoxy) is 2. The van der Waals surface area contributed by atoms with E-state index in [2.05, 4.69) is 0 Å². The lowest BCUT2D eigenvalue weighted by atomic mass is 10.1. The summed E-state index contributed by atoms with van der Waals surface area (Å²) in [7, 11) is 0. The highest BCUT2D eigenvalue weighted by molar-refractivity contribution is 6.36. The van der Waals surface area contributed by atoms with Gasteiger partial charge in [0.25, 0.3) is 0 Å². The monoisotopic (exact) mass is 246 g/mol. The lowest BCUT2D eigenvalue weighted by Gasteiger charge is -2.28. The molecule has 0 amide bonds. The van der Waals surface area contributed by atoms with Gasteiger partial charge < -0.3 is 9.47 Å². The van der Waals surface area contributed by atoms with E-state index < -0.39 is 0 Å². The van der Waals surface area contributed by atoms with Gasteiger partial charge in [-0.05, 0) is 19.1 Å². The van der Waals surface area contributed by atoms with E-state index in [1.54, 1.807) is 0 Å².